The van der Waals surface area contributed by atoms with Crippen molar-refractivity contribution in [2.24, 2.45) is 17.8 Å². The first kappa shape index (κ1) is 48.5. The molecule has 4 aliphatic rings. The largest absolute Gasteiger partial charge is 0.457 e. The lowest BCUT2D eigenvalue weighted by Crippen LogP contribution is -2.59. The fourth-order valence-corrected chi connectivity index (χ4v) is 8.56. The summed E-state index contributed by atoms with van der Waals surface area (Å²) in [5.41, 5.74) is -1.43. The maximum Gasteiger partial charge on any atom is 0.410 e. The van der Waals surface area contributed by atoms with E-state index in [9.17, 15) is 34.5 Å². The molecular formula is C46H73N2O11+. The second kappa shape index (κ2) is 21.5. The van der Waals surface area contributed by atoms with E-state index in [4.69, 9.17) is 18.9 Å². The third kappa shape index (κ3) is 14.2. The molecule has 3 heterocycles. The number of cyclic esters (lactones) is 1. The van der Waals surface area contributed by atoms with Crippen molar-refractivity contribution in [2.45, 2.75) is 154 Å². The lowest BCUT2D eigenvalue weighted by Gasteiger charge is -2.42. The number of carbonyl (C=O) groups is 4. The van der Waals surface area contributed by atoms with Crippen molar-refractivity contribution in [1.29, 1.82) is 0 Å². The molecule has 2 fully saturated rings. The van der Waals surface area contributed by atoms with E-state index in [0.29, 0.717) is 38.8 Å². The topological polar surface area (TPSA) is 172 Å². The highest BCUT2D eigenvalue weighted by molar-refractivity contribution is 6.18. The lowest BCUT2D eigenvalue weighted by atomic mass is 9.88. The Labute approximate surface area is 352 Å². The number of amides is 1. The maximum atomic E-state index is 13.7. The van der Waals surface area contributed by atoms with Gasteiger partial charge < -0.3 is 38.8 Å². The van der Waals surface area contributed by atoms with Crippen LogP contribution in [0, 0.1) is 17.8 Å². The SMILES string of the molecule is CC[C@H](O)[C@@H](C)[C@H]1O[C@@H]1C[C@@](C)(O)/C=C/C=C(\C)[C@H]1OC(=O)C[C@H](O)CC[C@@](C)(OC)[C@@H](OC(=O)N2CC[N+](C)(CCCCCCC3C(=O)C=CC3=O)CC2)/C=C/[C@@H]1C. The lowest BCUT2D eigenvalue weighted by molar-refractivity contribution is -0.913. The summed E-state index contributed by atoms with van der Waals surface area (Å²) in [5.74, 6) is -1.53. The number of unbranched alkanes of at least 4 members (excludes halogenated alkanes) is 3. The zero-order valence-corrected chi connectivity index (χ0v) is 36.8. The smallest absolute Gasteiger partial charge is 0.410 e. The van der Waals surface area contributed by atoms with Crippen LogP contribution in [0.4, 0.5) is 4.79 Å². The molecule has 3 aliphatic heterocycles. The van der Waals surface area contributed by atoms with Gasteiger partial charge >= 0.3 is 12.1 Å². The van der Waals surface area contributed by atoms with Gasteiger partial charge in [-0.15, -0.1) is 0 Å². The molecule has 2 saturated heterocycles. The summed E-state index contributed by atoms with van der Waals surface area (Å²) in [6, 6.07) is 0. The predicted octanol–water partition coefficient (Wildman–Crippen LogP) is 5.40. The number of hydrogen-bond donors (Lipinski definition) is 3. The van der Waals surface area contributed by atoms with Crippen LogP contribution < -0.4 is 0 Å². The number of epoxide rings is 1. The number of hydrogen-bond acceptors (Lipinski definition) is 11. The highest BCUT2D eigenvalue weighted by Crippen LogP contribution is 2.38. The van der Waals surface area contributed by atoms with Crippen LogP contribution in [0.5, 0.6) is 0 Å². The molecule has 0 aromatic heterocycles. The standard InChI is InChI=1S/C46H73N2O11/c1-9-36(50)33(4)43-39(57-43)30-45(5,55)22-14-15-31(2)42-32(3)17-20-40(46(6,56-8)23-21-34(49)29-41(53)59-42)58-44(54)47-24-27-48(7,28-25-47)26-13-11-10-12-16-35-37(51)18-19-38(35)52/h14-15,17-20,22,32-36,39-40,42-43,49-50,55H,9-13,16,21,23-30H2,1-8H3/q+1/b20-17+,22-14+,31-15+/t32-,33+,34+,36-,39+,40-,42+,43+,45-,46+/m0/s1. The van der Waals surface area contributed by atoms with Crippen LogP contribution in [-0.4, -0.2) is 143 Å². The van der Waals surface area contributed by atoms with Crippen molar-refractivity contribution in [3.8, 4) is 0 Å². The summed E-state index contributed by atoms with van der Waals surface area (Å²) < 4.78 is 24.8. The van der Waals surface area contributed by atoms with Gasteiger partial charge in [0.05, 0.1) is 82.1 Å². The fraction of sp³-hybridized carbons (Fsp3) is 0.739. The van der Waals surface area contributed by atoms with E-state index in [1.807, 2.05) is 40.7 Å². The average molecular weight is 830 g/mol. The Kier molecular flexibility index (Phi) is 17.7. The first-order valence-electron chi connectivity index (χ1n) is 21.9. The molecule has 0 aromatic rings. The molecular weight excluding hydrogens is 757 g/mol. The number of methoxy groups -OCH3 is 1. The van der Waals surface area contributed by atoms with Crippen LogP contribution in [-0.2, 0) is 33.3 Å². The molecule has 0 bridgehead atoms. The first-order chi connectivity index (χ1) is 27.8. The van der Waals surface area contributed by atoms with Crippen molar-refractivity contribution in [2.75, 3.05) is 46.9 Å². The Balaban J connectivity index is 1.36. The van der Waals surface area contributed by atoms with Crippen LogP contribution in [0.2, 0.25) is 0 Å². The van der Waals surface area contributed by atoms with Crippen molar-refractivity contribution >= 4 is 23.6 Å². The van der Waals surface area contributed by atoms with Gasteiger partial charge in [0.1, 0.15) is 11.7 Å². The molecule has 3 N–H and O–H groups in total. The highest BCUT2D eigenvalue weighted by Gasteiger charge is 2.47. The Hall–Kier alpha value is -3.20. The zero-order valence-electron chi connectivity index (χ0n) is 36.8. The van der Waals surface area contributed by atoms with Crippen LogP contribution >= 0.6 is 0 Å². The Morgan fingerprint density at radius 3 is 2.42 bits per heavy atom. The van der Waals surface area contributed by atoms with E-state index < -0.39 is 53.6 Å². The highest BCUT2D eigenvalue weighted by atomic mass is 16.6. The molecule has 13 nitrogen and oxygen atoms in total. The molecule has 1 amide bonds. The molecule has 4 rings (SSSR count). The zero-order chi connectivity index (χ0) is 43.5. The monoisotopic (exact) mass is 830 g/mol. The van der Waals surface area contributed by atoms with Crippen LogP contribution in [0.25, 0.3) is 0 Å². The van der Waals surface area contributed by atoms with Gasteiger partial charge in [-0.05, 0) is 83.1 Å². The van der Waals surface area contributed by atoms with E-state index in [1.165, 1.54) is 12.2 Å². The molecule has 59 heavy (non-hydrogen) atoms. The Morgan fingerprint density at radius 2 is 1.78 bits per heavy atom. The second-order valence-electron chi connectivity index (χ2n) is 18.3. The number of likely N-dealkylation sites (N-methyl/N-ethyl adjacent to an activating group) is 1. The van der Waals surface area contributed by atoms with Gasteiger partial charge in [-0.25, -0.2) is 4.79 Å². The van der Waals surface area contributed by atoms with Gasteiger partial charge in [0.2, 0.25) is 0 Å². The van der Waals surface area contributed by atoms with E-state index >= 15 is 0 Å². The fourth-order valence-electron chi connectivity index (χ4n) is 8.56. The molecule has 1 aliphatic carbocycles. The molecule has 0 radical (unpaired) electrons. The van der Waals surface area contributed by atoms with Gasteiger partial charge in [0.25, 0.3) is 0 Å². The minimum absolute atomic E-state index is 0.0189. The number of ketones is 2. The Bertz CT molecular complexity index is 1540. The van der Waals surface area contributed by atoms with Crippen LogP contribution in [0.15, 0.2) is 48.1 Å². The number of carbonyl (C=O) groups excluding carboxylic acids is 4. The van der Waals surface area contributed by atoms with Crippen molar-refractivity contribution in [1.82, 2.24) is 4.90 Å². The Morgan fingerprint density at radius 1 is 1.12 bits per heavy atom. The quantitative estimate of drug-likeness (QED) is 0.0326. The van der Waals surface area contributed by atoms with Gasteiger partial charge in [0, 0.05) is 25.4 Å². The molecule has 0 spiro atoms. The number of ether oxygens (including phenoxy) is 4. The third-order valence-corrected chi connectivity index (χ3v) is 13.2. The van der Waals surface area contributed by atoms with Gasteiger partial charge in [-0.2, -0.15) is 0 Å². The second-order valence-corrected chi connectivity index (χ2v) is 18.3. The molecule has 332 valence electrons. The maximum absolute atomic E-state index is 13.7. The van der Waals surface area contributed by atoms with E-state index in [2.05, 4.69) is 7.05 Å². The summed E-state index contributed by atoms with van der Waals surface area (Å²) in [6.07, 6.45) is 13.9. The van der Waals surface area contributed by atoms with Crippen molar-refractivity contribution in [3.63, 3.8) is 0 Å². The number of aliphatic hydroxyl groups excluding tert-OH is 2. The number of nitrogens with zero attached hydrogens (tertiary/aromatic N) is 2. The number of allylic oxidation sites excluding steroid dienone is 4. The summed E-state index contributed by atoms with van der Waals surface area (Å²) in [4.78, 5) is 52.2. The number of quaternary nitrogens is 1. The summed E-state index contributed by atoms with van der Waals surface area (Å²) in [6.45, 7) is 14.8. The molecule has 10 atom stereocenters. The van der Waals surface area contributed by atoms with Gasteiger partial charge in [-0.1, -0.05) is 57.9 Å². The predicted molar refractivity (Wildman–Crippen MR) is 224 cm³/mol. The summed E-state index contributed by atoms with van der Waals surface area (Å²) in [7, 11) is 3.77. The van der Waals surface area contributed by atoms with Crippen molar-refractivity contribution in [3.05, 3.63) is 48.1 Å². The van der Waals surface area contributed by atoms with E-state index in [1.54, 1.807) is 43.2 Å². The molecule has 0 saturated carbocycles. The summed E-state index contributed by atoms with van der Waals surface area (Å²) >= 11 is 0. The van der Waals surface area contributed by atoms with E-state index in [-0.39, 0.29) is 48.5 Å². The van der Waals surface area contributed by atoms with Crippen LogP contribution in [0.3, 0.4) is 0 Å². The normalized spacial score (nSPS) is 32.2. The summed E-state index contributed by atoms with van der Waals surface area (Å²) in [5, 5.41) is 32.2. The van der Waals surface area contributed by atoms with Crippen LogP contribution in [0.1, 0.15) is 106 Å². The number of piperazine rings is 1. The first-order valence-corrected chi connectivity index (χ1v) is 21.9. The number of aliphatic hydroxyl groups is 3. The third-order valence-electron chi connectivity index (χ3n) is 13.2. The minimum atomic E-state index is -1.17. The van der Waals surface area contributed by atoms with Gasteiger partial charge in [-0.3, -0.25) is 19.3 Å². The number of esters is 1. The molecule has 13 heteroatoms. The molecule has 0 aromatic carbocycles. The average Bonchev–Trinajstić information content (AvgIpc) is 3.87. The minimum Gasteiger partial charge on any atom is -0.457 e. The number of rotatable bonds is 17. The van der Waals surface area contributed by atoms with E-state index in [0.717, 1.165) is 55.4 Å². The van der Waals surface area contributed by atoms with Crippen molar-refractivity contribution < 1.29 is 57.9 Å². The molecule has 0 unspecified atom stereocenters. The van der Waals surface area contributed by atoms with Gasteiger partial charge in [0.15, 0.2) is 17.7 Å².